The van der Waals surface area contributed by atoms with Gasteiger partial charge >= 0.3 is 0 Å². The van der Waals surface area contributed by atoms with E-state index in [4.69, 9.17) is 4.74 Å². The Morgan fingerprint density at radius 1 is 0.950 bits per heavy atom. The third-order valence-corrected chi connectivity index (χ3v) is 7.85. The lowest BCUT2D eigenvalue weighted by Gasteiger charge is -2.35. The van der Waals surface area contributed by atoms with Crippen molar-refractivity contribution in [3.63, 3.8) is 0 Å². The molecule has 214 valence electrons. The molecule has 3 aromatic carbocycles. The summed E-state index contributed by atoms with van der Waals surface area (Å²) in [6.07, 6.45) is 3.75. The van der Waals surface area contributed by atoms with Crippen molar-refractivity contribution in [1.29, 1.82) is 0 Å². The highest BCUT2D eigenvalue weighted by Gasteiger charge is 2.33. The number of fused-ring (bicyclic) bond motifs is 1. The Balaban J connectivity index is 1.43. The Hall–Kier alpha value is -3.02. The number of benzene rings is 3. The van der Waals surface area contributed by atoms with Crippen LogP contribution in [0.15, 0.2) is 72.8 Å². The number of carbonyl (C=O) groups is 2. The topological polar surface area (TPSA) is 58.6 Å². The number of ketones is 1. The van der Waals surface area contributed by atoms with Crippen LogP contribution in [0, 0.1) is 5.92 Å². The molecule has 0 unspecified atom stereocenters. The van der Waals surface area contributed by atoms with Crippen molar-refractivity contribution < 1.29 is 14.3 Å². The van der Waals surface area contributed by atoms with E-state index in [0.29, 0.717) is 25.6 Å². The minimum absolute atomic E-state index is 0.0457. The number of amides is 1. The molecule has 5 nitrogen and oxygen atoms in total. The molecule has 0 spiro atoms. The quantitative estimate of drug-likeness (QED) is 0.271. The van der Waals surface area contributed by atoms with Gasteiger partial charge in [0.25, 0.3) is 0 Å². The summed E-state index contributed by atoms with van der Waals surface area (Å²) >= 11 is 0. The van der Waals surface area contributed by atoms with Gasteiger partial charge in [0, 0.05) is 25.0 Å². The van der Waals surface area contributed by atoms with E-state index in [1.54, 1.807) is 0 Å². The van der Waals surface area contributed by atoms with Crippen LogP contribution in [0.4, 0.5) is 0 Å². The summed E-state index contributed by atoms with van der Waals surface area (Å²) in [7, 11) is 0. The van der Waals surface area contributed by atoms with E-state index < -0.39 is 5.92 Å². The number of nitrogens with one attached hydrogen (secondary N) is 1. The fraction of sp³-hybridized carbons (Fsp3) is 0.486. The fourth-order valence-corrected chi connectivity index (χ4v) is 5.79. The molecule has 2 atom stereocenters. The Labute approximate surface area is 240 Å². The Morgan fingerprint density at radius 2 is 1.62 bits per heavy atom. The number of hydrogen-bond acceptors (Lipinski definition) is 4. The van der Waals surface area contributed by atoms with Crippen molar-refractivity contribution in [1.82, 2.24) is 10.2 Å². The van der Waals surface area contributed by atoms with Gasteiger partial charge in [-0.25, -0.2) is 0 Å². The maximum atomic E-state index is 13.8. The van der Waals surface area contributed by atoms with Crippen LogP contribution in [0.25, 0.3) is 10.8 Å². The lowest BCUT2D eigenvalue weighted by molar-refractivity contribution is -0.142. The van der Waals surface area contributed by atoms with Gasteiger partial charge in [-0.3, -0.25) is 9.59 Å². The maximum absolute atomic E-state index is 13.8. The molecule has 1 heterocycles. The maximum Gasteiger partial charge on any atom is 0.228 e. The van der Waals surface area contributed by atoms with Gasteiger partial charge in [-0.1, -0.05) is 80.1 Å². The van der Waals surface area contributed by atoms with Crippen molar-refractivity contribution >= 4 is 22.5 Å². The van der Waals surface area contributed by atoms with Gasteiger partial charge in [-0.2, -0.15) is 0 Å². The molecular formula is C35H46N2O3. The zero-order valence-electron chi connectivity index (χ0n) is 24.7. The second kappa shape index (κ2) is 14.0. The lowest BCUT2D eigenvalue weighted by atomic mass is 9.88. The minimum Gasteiger partial charge on any atom is -0.376 e. The molecule has 1 saturated heterocycles. The molecule has 0 aliphatic carbocycles. The van der Waals surface area contributed by atoms with E-state index in [2.05, 4.69) is 87.6 Å². The summed E-state index contributed by atoms with van der Waals surface area (Å²) in [4.78, 5) is 29.3. The van der Waals surface area contributed by atoms with E-state index in [1.807, 2.05) is 23.1 Å². The first-order valence-electron chi connectivity index (χ1n) is 14.9. The van der Waals surface area contributed by atoms with Crippen LogP contribution in [0.3, 0.4) is 0 Å². The zero-order valence-corrected chi connectivity index (χ0v) is 24.7. The Morgan fingerprint density at radius 3 is 2.30 bits per heavy atom. The van der Waals surface area contributed by atoms with Crippen LogP contribution in [0.1, 0.15) is 76.8 Å². The largest absolute Gasteiger partial charge is 0.376 e. The molecule has 1 aliphatic heterocycles. The fourth-order valence-electron chi connectivity index (χ4n) is 5.79. The molecule has 0 saturated carbocycles. The summed E-state index contributed by atoms with van der Waals surface area (Å²) in [5, 5.41) is 5.85. The molecule has 0 bridgehead atoms. The molecular weight excluding hydrogens is 496 g/mol. The van der Waals surface area contributed by atoms with Gasteiger partial charge in [0.05, 0.1) is 25.2 Å². The number of rotatable bonds is 12. The molecule has 5 heteroatoms. The van der Waals surface area contributed by atoms with E-state index in [9.17, 15) is 9.59 Å². The van der Waals surface area contributed by atoms with Gasteiger partial charge in [0.15, 0.2) is 5.78 Å². The third-order valence-electron chi connectivity index (χ3n) is 7.85. The Kier molecular flexibility index (Phi) is 10.5. The normalized spacial score (nSPS) is 16.1. The average molecular weight is 543 g/mol. The molecule has 1 N–H and O–H groups in total. The number of nitrogens with zero attached hydrogens (tertiary/aromatic N) is 1. The summed E-state index contributed by atoms with van der Waals surface area (Å²) in [6.45, 7) is 10.4. The van der Waals surface area contributed by atoms with Gasteiger partial charge < -0.3 is 15.0 Å². The number of carbonyl (C=O) groups excluding carboxylic acids is 2. The van der Waals surface area contributed by atoms with Crippen LogP contribution in [-0.2, 0) is 20.9 Å². The van der Waals surface area contributed by atoms with Crippen molar-refractivity contribution in [2.45, 2.75) is 83.9 Å². The summed E-state index contributed by atoms with van der Waals surface area (Å²) in [5.74, 6) is 0.134. The number of Topliss-reactive ketones (excluding diaryl/α,β-unsaturated/α-hetero) is 1. The summed E-state index contributed by atoms with van der Waals surface area (Å²) in [5.41, 5.74) is 2.23. The van der Waals surface area contributed by atoms with Crippen LogP contribution >= 0.6 is 0 Å². The third kappa shape index (κ3) is 8.49. The molecule has 1 amide bonds. The monoisotopic (exact) mass is 542 g/mol. The standard InChI is InChI=1S/C35H46N2O3/c1-5-11-32(36-35(2,3)4)33(38)23-31(25-40-24-26-16-17-28-14-9-10-15-30(28)22-26)34(39)37-20-18-29(19-21-37)27-12-7-6-8-13-27/h6-10,12-17,22,29,31-32,36H,5,11,18-21,23-25H2,1-4H3/t31-,32+/m1/s1. The molecule has 3 aromatic rings. The van der Waals surface area contributed by atoms with Crippen LogP contribution in [-0.4, -0.2) is 47.9 Å². The molecule has 4 rings (SSSR count). The first-order chi connectivity index (χ1) is 19.2. The molecule has 40 heavy (non-hydrogen) atoms. The first-order valence-corrected chi connectivity index (χ1v) is 14.9. The van der Waals surface area contributed by atoms with Crippen LogP contribution in [0.2, 0.25) is 0 Å². The van der Waals surface area contributed by atoms with Gasteiger partial charge in [0.1, 0.15) is 0 Å². The summed E-state index contributed by atoms with van der Waals surface area (Å²) < 4.78 is 6.15. The molecule has 0 aromatic heterocycles. The minimum atomic E-state index is -0.484. The number of ether oxygens (including phenoxy) is 1. The zero-order chi connectivity index (χ0) is 28.5. The number of hydrogen-bond donors (Lipinski definition) is 1. The van der Waals surface area contributed by atoms with Gasteiger partial charge in [-0.05, 0) is 73.9 Å². The average Bonchev–Trinajstić information content (AvgIpc) is 2.96. The first kappa shape index (κ1) is 30.0. The number of piperidine rings is 1. The lowest BCUT2D eigenvalue weighted by Crippen LogP contribution is -2.49. The highest BCUT2D eigenvalue weighted by atomic mass is 16.5. The van der Waals surface area contributed by atoms with Crippen molar-refractivity contribution in [2.75, 3.05) is 19.7 Å². The van der Waals surface area contributed by atoms with Crippen molar-refractivity contribution in [3.8, 4) is 0 Å². The highest BCUT2D eigenvalue weighted by Crippen LogP contribution is 2.29. The van der Waals surface area contributed by atoms with E-state index in [0.717, 1.165) is 31.2 Å². The smallest absolute Gasteiger partial charge is 0.228 e. The van der Waals surface area contributed by atoms with Crippen molar-refractivity contribution in [3.05, 3.63) is 83.9 Å². The van der Waals surface area contributed by atoms with E-state index >= 15 is 0 Å². The van der Waals surface area contributed by atoms with E-state index in [1.165, 1.54) is 16.3 Å². The predicted molar refractivity (Wildman–Crippen MR) is 163 cm³/mol. The van der Waals surface area contributed by atoms with Crippen molar-refractivity contribution in [2.24, 2.45) is 5.92 Å². The predicted octanol–water partition coefficient (Wildman–Crippen LogP) is 6.89. The Bertz CT molecular complexity index is 1240. The van der Waals surface area contributed by atoms with Gasteiger partial charge in [-0.15, -0.1) is 0 Å². The second-order valence-electron chi connectivity index (χ2n) is 12.3. The highest BCUT2D eigenvalue weighted by molar-refractivity contribution is 5.90. The molecule has 1 fully saturated rings. The molecule has 0 radical (unpaired) electrons. The second-order valence-corrected chi connectivity index (χ2v) is 12.3. The number of likely N-dealkylation sites (tertiary alicyclic amines) is 1. The van der Waals surface area contributed by atoms with Crippen LogP contribution in [0.5, 0.6) is 0 Å². The summed E-state index contributed by atoms with van der Waals surface area (Å²) in [6, 6.07) is 24.9. The van der Waals surface area contributed by atoms with E-state index in [-0.39, 0.29) is 36.3 Å². The SMILES string of the molecule is CCC[C@H](NC(C)(C)C)C(=O)C[C@H](COCc1ccc2ccccc2c1)C(=O)N1CCC(c2ccccc2)CC1. The van der Waals surface area contributed by atoms with Gasteiger partial charge in [0.2, 0.25) is 5.91 Å². The molecule has 1 aliphatic rings. The van der Waals surface area contributed by atoms with Crippen LogP contribution < -0.4 is 5.32 Å².